The van der Waals surface area contributed by atoms with E-state index in [1.54, 1.807) is 36.4 Å². The number of amides is 1. The lowest BCUT2D eigenvalue weighted by Gasteiger charge is -2.50. The Hall–Kier alpha value is -2.99. The van der Waals surface area contributed by atoms with E-state index in [0.29, 0.717) is 32.0 Å². The Morgan fingerprint density at radius 2 is 1.97 bits per heavy atom. The molecule has 0 spiro atoms. The van der Waals surface area contributed by atoms with Gasteiger partial charge < -0.3 is 19.5 Å². The number of fused-ring (bicyclic) bond motifs is 1. The van der Waals surface area contributed by atoms with E-state index in [0.717, 1.165) is 31.4 Å². The number of ether oxygens (including phenoxy) is 2. The number of aliphatic carboxylic acids is 1. The lowest BCUT2D eigenvalue weighted by atomic mass is 9.73. The second-order valence-corrected chi connectivity index (χ2v) is 8.33. The normalized spacial score (nSPS) is 22.4. The second-order valence-electron chi connectivity index (χ2n) is 8.33. The van der Waals surface area contributed by atoms with Gasteiger partial charge in [0.25, 0.3) is 5.91 Å². The van der Waals surface area contributed by atoms with Gasteiger partial charge in [-0.25, -0.2) is 4.79 Å². The van der Waals surface area contributed by atoms with Crippen molar-refractivity contribution in [3.63, 3.8) is 0 Å². The van der Waals surface area contributed by atoms with Crippen LogP contribution in [0.3, 0.4) is 0 Å². The number of halogens is 3. The zero-order valence-corrected chi connectivity index (χ0v) is 18.7. The monoisotopic (exact) mass is 484 g/mol. The molecular formula is C22H27F3N4O5. The van der Waals surface area contributed by atoms with Gasteiger partial charge in [0.1, 0.15) is 5.69 Å². The Bertz CT molecular complexity index is 969. The fourth-order valence-corrected chi connectivity index (χ4v) is 4.27. The maximum absolute atomic E-state index is 13.0. The molecule has 2 aliphatic rings. The van der Waals surface area contributed by atoms with Crippen molar-refractivity contribution in [1.82, 2.24) is 19.7 Å². The van der Waals surface area contributed by atoms with Gasteiger partial charge in [-0.2, -0.15) is 18.3 Å². The van der Waals surface area contributed by atoms with E-state index in [1.807, 2.05) is 17.0 Å². The molecule has 0 saturated carbocycles. The van der Waals surface area contributed by atoms with Crippen molar-refractivity contribution in [2.45, 2.75) is 38.1 Å². The van der Waals surface area contributed by atoms with Gasteiger partial charge >= 0.3 is 12.1 Å². The highest BCUT2D eigenvalue weighted by molar-refractivity contribution is 5.92. The number of piperidine rings is 1. The lowest BCUT2D eigenvalue weighted by molar-refractivity contribution is -0.192. The summed E-state index contributed by atoms with van der Waals surface area (Å²) in [6, 6.07) is 5.70. The number of nitrogens with zero attached hydrogens (tertiary/aromatic N) is 4. The first-order valence-electron chi connectivity index (χ1n) is 10.8. The van der Waals surface area contributed by atoms with Crippen molar-refractivity contribution in [1.29, 1.82) is 0 Å². The molecule has 186 valence electrons. The van der Waals surface area contributed by atoms with E-state index in [2.05, 4.69) is 10.1 Å². The Labute approximate surface area is 194 Å². The Morgan fingerprint density at radius 3 is 2.59 bits per heavy atom. The SMILES string of the molecule is Cn1nccc1C(=O)N1CCC2OCCCC2(COCc2ccncc2)C1.O=C(O)C(F)(F)F. The lowest BCUT2D eigenvalue weighted by Crippen LogP contribution is -2.58. The molecule has 2 saturated heterocycles. The summed E-state index contributed by atoms with van der Waals surface area (Å²) in [5.41, 5.74) is 1.59. The summed E-state index contributed by atoms with van der Waals surface area (Å²) in [5.74, 6) is -2.72. The fourth-order valence-electron chi connectivity index (χ4n) is 4.27. The first-order chi connectivity index (χ1) is 16.1. The predicted molar refractivity (Wildman–Crippen MR) is 113 cm³/mol. The van der Waals surface area contributed by atoms with Gasteiger partial charge in [0.15, 0.2) is 0 Å². The minimum atomic E-state index is -5.08. The van der Waals surface area contributed by atoms with Crippen LogP contribution >= 0.6 is 0 Å². The number of hydrogen-bond acceptors (Lipinski definition) is 6. The van der Waals surface area contributed by atoms with Crippen molar-refractivity contribution in [2.24, 2.45) is 12.5 Å². The third-order valence-electron chi connectivity index (χ3n) is 5.97. The van der Waals surface area contributed by atoms with Crippen LogP contribution < -0.4 is 0 Å². The van der Waals surface area contributed by atoms with Crippen molar-refractivity contribution in [3.8, 4) is 0 Å². The molecule has 1 amide bonds. The quantitative estimate of drug-likeness (QED) is 0.695. The Morgan fingerprint density at radius 1 is 1.26 bits per heavy atom. The van der Waals surface area contributed by atoms with E-state index in [-0.39, 0.29) is 17.4 Å². The molecule has 9 nitrogen and oxygen atoms in total. The summed E-state index contributed by atoms with van der Waals surface area (Å²) in [6.07, 6.45) is 3.15. The number of carbonyl (C=O) groups excluding carboxylic acids is 1. The molecule has 0 aromatic carbocycles. The molecule has 12 heteroatoms. The van der Waals surface area contributed by atoms with Gasteiger partial charge in [0, 0.05) is 50.7 Å². The van der Waals surface area contributed by atoms with E-state index in [4.69, 9.17) is 19.4 Å². The van der Waals surface area contributed by atoms with Gasteiger partial charge in [-0.15, -0.1) is 0 Å². The van der Waals surface area contributed by atoms with Crippen LogP contribution in [0.1, 0.15) is 35.3 Å². The van der Waals surface area contributed by atoms with Gasteiger partial charge in [-0.1, -0.05) is 0 Å². The number of carboxylic acid groups (broad SMARTS) is 1. The highest BCUT2D eigenvalue weighted by Gasteiger charge is 2.47. The number of rotatable bonds is 5. The summed E-state index contributed by atoms with van der Waals surface area (Å²) >= 11 is 0. The van der Waals surface area contributed by atoms with Gasteiger partial charge in [-0.05, 0) is 43.0 Å². The highest BCUT2D eigenvalue weighted by Crippen LogP contribution is 2.41. The molecule has 4 heterocycles. The molecule has 2 aliphatic heterocycles. The summed E-state index contributed by atoms with van der Waals surface area (Å²) in [5, 5.41) is 11.3. The summed E-state index contributed by atoms with van der Waals surface area (Å²) in [7, 11) is 1.80. The van der Waals surface area contributed by atoms with E-state index in [1.165, 1.54) is 0 Å². The largest absolute Gasteiger partial charge is 0.490 e. The van der Waals surface area contributed by atoms with Crippen molar-refractivity contribution < 1.29 is 37.3 Å². The summed E-state index contributed by atoms with van der Waals surface area (Å²) in [4.78, 5) is 27.9. The molecule has 0 radical (unpaired) electrons. The first kappa shape index (κ1) is 25.6. The molecule has 2 unspecified atom stereocenters. The summed E-state index contributed by atoms with van der Waals surface area (Å²) in [6.45, 7) is 3.31. The molecule has 2 fully saturated rings. The van der Waals surface area contributed by atoms with Gasteiger partial charge in [0.05, 0.1) is 19.3 Å². The molecule has 1 N–H and O–H groups in total. The van der Waals surface area contributed by atoms with E-state index < -0.39 is 12.1 Å². The van der Waals surface area contributed by atoms with Crippen LogP contribution in [0.15, 0.2) is 36.8 Å². The number of hydrogen-bond donors (Lipinski definition) is 1. The minimum Gasteiger partial charge on any atom is -0.475 e. The van der Waals surface area contributed by atoms with Crippen molar-refractivity contribution >= 4 is 11.9 Å². The second kappa shape index (κ2) is 11.0. The first-order valence-corrected chi connectivity index (χ1v) is 10.8. The van der Waals surface area contributed by atoms with Crippen LogP contribution in [0.25, 0.3) is 0 Å². The molecule has 0 aliphatic carbocycles. The average Bonchev–Trinajstić information content (AvgIpc) is 3.24. The van der Waals surface area contributed by atoms with Crippen molar-refractivity contribution in [2.75, 3.05) is 26.3 Å². The fraction of sp³-hybridized carbons (Fsp3) is 0.545. The van der Waals surface area contributed by atoms with Crippen LogP contribution in [-0.4, -0.2) is 75.2 Å². The number of alkyl halides is 3. The Kier molecular flexibility index (Phi) is 8.26. The van der Waals surface area contributed by atoms with Crippen LogP contribution in [0.4, 0.5) is 13.2 Å². The van der Waals surface area contributed by atoms with Crippen LogP contribution in [-0.2, 0) is 27.9 Å². The summed E-state index contributed by atoms with van der Waals surface area (Å²) < 4.78 is 45.6. The molecule has 4 rings (SSSR count). The van der Waals surface area contributed by atoms with Crippen LogP contribution in [0.2, 0.25) is 0 Å². The van der Waals surface area contributed by atoms with Crippen LogP contribution in [0, 0.1) is 5.41 Å². The van der Waals surface area contributed by atoms with Gasteiger partial charge in [-0.3, -0.25) is 14.5 Å². The highest BCUT2D eigenvalue weighted by atomic mass is 19.4. The number of carbonyl (C=O) groups is 2. The van der Waals surface area contributed by atoms with Gasteiger partial charge in [0.2, 0.25) is 0 Å². The van der Waals surface area contributed by atoms with Crippen LogP contribution in [0.5, 0.6) is 0 Å². The standard InChI is InChI=1S/C20H26N4O3.C2HF3O2/c1-23-17(5-10-22-23)19(25)24-11-6-18-20(14-24,7-2-12-27-18)15-26-13-16-3-8-21-9-4-16;3-2(4,5)1(6)7/h3-5,8-10,18H,2,6-7,11-15H2,1H3;(H,6,7). The smallest absolute Gasteiger partial charge is 0.475 e. The molecule has 2 atom stereocenters. The maximum Gasteiger partial charge on any atom is 0.490 e. The maximum atomic E-state index is 13.0. The zero-order valence-electron chi connectivity index (χ0n) is 18.7. The molecule has 2 aromatic heterocycles. The average molecular weight is 484 g/mol. The van der Waals surface area contributed by atoms with E-state index >= 15 is 0 Å². The molecule has 2 aromatic rings. The predicted octanol–water partition coefficient (Wildman–Crippen LogP) is 2.68. The third-order valence-corrected chi connectivity index (χ3v) is 5.97. The number of aryl methyl sites for hydroxylation is 1. The molecule has 34 heavy (non-hydrogen) atoms. The van der Waals surface area contributed by atoms with Crippen molar-refractivity contribution in [3.05, 3.63) is 48.0 Å². The third kappa shape index (κ3) is 6.32. The number of likely N-dealkylation sites (tertiary alicyclic amines) is 1. The number of pyridine rings is 1. The zero-order chi connectivity index (χ0) is 24.8. The minimum absolute atomic E-state index is 0.0348. The molecule has 0 bridgehead atoms. The Balaban J connectivity index is 0.000000406. The number of carboxylic acids is 1. The number of aromatic nitrogens is 3. The molecular weight excluding hydrogens is 457 g/mol. The van der Waals surface area contributed by atoms with E-state index in [9.17, 15) is 18.0 Å². The topological polar surface area (TPSA) is 107 Å².